The van der Waals surface area contributed by atoms with Gasteiger partial charge >= 0.3 is 0 Å². The SMILES string of the molecule is COc1cc(OC)cc(C(=O)Nc2nc(-c3nnn(-c4cccc(SC)c4)c3C)ns2)c1. The predicted octanol–water partition coefficient (Wildman–Crippen LogP) is 4.09. The molecule has 0 saturated heterocycles. The normalized spacial score (nSPS) is 10.8. The van der Waals surface area contributed by atoms with Gasteiger partial charge in [0.15, 0.2) is 11.5 Å². The maximum absolute atomic E-state index is 12.7. The van der Waals surface area contributed by atoms with E-state index in [0.29, 0.717) is 33.7 Å². The lowest BCUT2D eigenvalue weighted by Gasteiger charge is -2.07. The summed E-state index contributed by atoms with van der Waals surface area (Å²) in [4.78, 5) is 18.3. The van der Waals surface area contributed by atoms with Crippen LogP contribution in [0.15, 0.2) is 47.4 Å². The molecule has 4 rings (SSSR count). The van der Waals surface area contributed by atoms with Crippen molar-refractivity contribution in [2.24, 2.45) is 0 Å². The average Bonchev–Trinajstić information content (AvgIpc) is 3.44. The summed E-state index contributed by atoms with van der Waals surface area (Å²) in [6.07, 6.45) is 2.02. The van der Waals surface area contributed by atoms with Crippen LogP contribution in [-0.4, -0.2) is 50.7 Å². The van der Waals surface area contributed by atoms with Gasteiger partial charge in [0.05, 0.1) is 25.6 Å². The molecule has 0 atom stereocenters. The highest BCUT2D eigenvalue weighted by Crippen LogP contribution is 2.27. The van der Waals surface area contributed by atoms with E-state index in [-0.39, 0.29) is 5.91 Å². The molecule has 0 aliphatic carbocycles. The van der Waals surface area contributed by atoms with E-state index in [4.69, 9.17) is 9.47 Å². The van der Waals surface area contributed by atoms with Crippen LogP contribution in [0.2, 0.25) is 0 Å². The zero-order valence-electron chi connectivity index (χ0n) is 17.8. The molecule has 0 bridgehead atoms. The van der Waals surface area contributed by atoms with E-state index in [9.17, 15) is 4.79 Å². The fraction of sp³-hybridized carbons (Fsp3) is 0.190. The number of nitrogens with zero attached hydrogens (tertiary/aromatic N) is 5. The molecule has 2 aromatic carbocycles. The van der Waals surface area contributed by atoms with Crippen LogP contribution in [0.25, 0.3) is 17.2 Å². The lowest BCUT2D eigenvalue weighted by Crippen LogP contribution is -2.12. The molecule has 164 valence electrons. The van der Waals surface area contributed by atoms with Gasteiger partial charge < -0.3 is 9.47 Å². The first-order valence-electron chi connectivity index (χ1n) is 9.47. The van der Waals surface area contributed by atoms with Gasteiger partial charge in [0.25, 0.3) is 5.91 Å². The number of methoxy groups -OCH3 is 2. The molecular formula is C21H20N6O3S2. The third-order valence-corrected chi connectivity index (χ3v) is 6.02. The Morgan fingerprint density at radius 3 is 2.56 bits per heavy atom. The van der Waals surface area contributed by atoms with Crippen LogP contribution in [0.5, 0.6) is 11.5 Å². The number of amides is 1. The number of carbonyl (C=O) groups excluding carboxylic acids is 1. The third kappa shape index (κ3) is 4.43. The Kier molecular flexibility index (Phi) is 6.37. The Labute approximate surface area is 193 Å². The minimum atomic E-state index is -0.348. The quantitative estimate of drug-likeness (QED) is 0.405. The zero-order chi connectivity index (χ0) is 22.7. The molecule has 0 saturated carbocycles. The van der Waals surface area contributed by atoms with Crippen LogP contribution in [0.1, 0.15) is 16.1 Å². The molecule has 1 N–H and O–H groups in total. The minimum absolute atomic E-state index is 0.348. The number of anilines is 1. The molecule has 2 aromatic heterocycles. The van der Waals surface area contributed by atoms with E-state index in [1.54, 1.807) is 34.6 Å². The van der Waals surface area contributed by atoms with Gasteiger partial charge in [-0.05, 0) is 43.5 Å². The average molecular weight is 469 g/mol. The summed E-state index contributed by atoms with van der Waals surface area (Å²) in [5, 5.41) is 11.6. The van der Waals surface area contributed by atoms with Gasteiger partial charge in [-0.3, -0.25) is 10.1 Å². The van der Waals surface area contributed by atoms with Gasteiger partial charge in [0.2, 0.25) is 5.13 Å². The van der Waals surface area contributed by atoms with Crippen molar-refractivity contribution in [1.29, 1.82) is 0 Å². The van der Waals surface area contributed by atoms with Crippen molar-refractivity contribution in [3.05, 3.63) is 53.7 Å². The van der Waals surface area contributed by atoms with Crippen molar-refractivity contribution in [3.8, 4) is 28.7 Å². The van der Waals surface area contributed by atoms with Crippen LogP contribution >= 0.6 is 23.3 Å². The fourth-order valence-electron chi connectivity index (χ4n) is 3.00. The molecule has 0 spiro atoms. The molecular weight excluding hydrogens is 448 g/mol. The number of ether oxygens (including phenoxy) is 2. The molecule has 0 fully saturated rings. The summed E-state index contributed by atoms with van der Waals surface area (Å²) >= 11 is 2.73. The lowest BCUT2D eigenvalue weighted by atomic mass is 10.2. The van der Waals surface area contributed by atoms with E-state index in [1.165, 1.54) is 14.2 Å². The predicted molar refractivity (Wildman–Crippen MR) is 124 cm³/mol. The first kappa shape index (κ1) is 21.8. The lowest BCUT2D eigenvalue weighted by molar-refractivity contribution is 0.102. The Morgan fingerprint density at radius 1 is 1.12 bits per heavy atom. The van der Waals surface area contributed by atoms with Crippen LogP contribution in [0, 0.1) is 6.92 Å². The van der Waals surface area contributed by atoms with E-state index in [1.807, 2.05) is 37.4 Å². The molecule has 1 amide bonds. The van der Waals surface area contributed by atoms with E-state index in [2.05, 4.69) is 25.0 Å². The number of aromatic nitrogens is 5. The standard InChI is InChI=1S/C21H20N6O3S2/c1-12-18(24-26-27(12)14-6-5-7-17(10-14)31-4)19-22-21(32-25-19)23-20(28)13-8-15(29-2)11-16(9-13)30-3/h5-11H,1-4H3,(H,22,23,25,28). The number of nitrogens with one attached hydrogen (secondary N) is 1. The van der Waals surface area contributed by atoms with Crippen molar-refractivity contribution in [3.63, 3.8) is 0 Å². The van der Waals surface area contributed by atoms with E-state index >= 15 is 0 Å². The molecule has 9 nitrogen and oxygen atoms in total. The van der Waals surface area contributed by atoms with Gasteiger partial charge in [-0.2, -0.15) is 9.36 Å². The van der Waals surface area contributed by atoms with Crippen LogP contribution in [0.3, 0.4) is 0 Å². The highest BCUT2D eigenvalue weighted by molar-refractivity contribution is 7.98. The second kappa shape index (κ2) is 9.37. The Balaban J connectivity index is 1.56. The highest BCUT2D eigenvalue weighted by atomic mass is 32.2. The van der Waals surface area contributed by atoms with Crippen LogP contribution in [-0.2, 0) is 0 Å². The molecule has 11 heteroatoms. The maximum Gasteiger partial charge on any atom is 0.257 e. The van der Waals surface area contributed by atoms with Gasteiger partial charge in [-0.1, -0.05) is 11.3 Å². The molecule has 0 aliphatic heterocycles. The smallest absolute Gasteiger partial charge is 0.257 e. The third-order valence-electron chi connectivity index (χ3n) is 4.66. The van der Waals surface area contributed by atoms with Crippen LogP contribution < -0.4 is 14.8 Å². The first-order chi connectivity index (χ1) is 15.5. The second-order valence-corrected chi connectivity index (χ2v) is 8.25. The number of benzene rings is 2. The molecule has 0 aliphatic rings. The summed E-state index contributed by atoms with van der Waals surface area (Å²) in [7, 11) is 3.06. The Hall–Kier alpha value is -3.44. The zero-order valence-corrected chi connectivity index (χ0v) is 19.5. The number of hydrogen-bond acceptors (Lipinski definition) is 9. The van der Waals surface area contributed by atoms with Crippen molar-refractivity contribution < 1.29 is 14.3 Å². The Morgan fingerprint density at radius 2 is 1.88 bits per heavy atom. The summed E-state index contributed by atoms with van der Waals surface area (Å²) in [5.41, 5.74) is 2.65. The fourth-order valence-corrected chi connectivity index (χ4v) is 4.02. The topological polar surface area (TPSA) is 104 Å². The number of hydrogen-bond donors (Lipinski definition) is 1. The largest absolute Gasteiger partial charge is 0.497 e. The summed E-state index contributed by atoms with van der Waals surface area (Å²) in [6, 6.07) is 13.0. The monoisotopic (exact) mass is 468 g/mol. The summed E-state index contributed by atoms with van der Waals surface area (Å²) in [5.74, 6) is 1.09. The van der Waals surface area contributed by atoms with Crippen LogP contribution in [0.4, 0.5) is 5.13 Å². The van der Waals surface area contributed by atoms with Crippen molar-refractivity contribution in [2.75, 3.05) is 25.8 Å². The second-order valence-electron chi connectivity index (χ2n) is 6.62. The van der Waals surface area contributed by atoms with Crippen molar-refractivity contribution in [2.45, 2.75) is 11.8 Å². The summed E-state index contributed by atoms with van der Waals surface area (Å²) < 4.78 is 16.5. The number of carbonyl (C=O) groups is 1. The first-order valence-corrected chi connectivity index (χ1v) is 11.5. The van der Waals surface area contributed by atoms with E-state index in [0.717, 1.165) is 27.8 Å². The van der Waals surface area contributed by atoms with Gasteiger partial charge in [0.1, 0.15) is 11.5 Å². The van der Waals surface area contributed by atoms with Gasteiger partial charge in [-0.15, -0.1) is 16.9 Å². The number of thioether (sulfide) groups is 1. The Bertz CT molecular complexity index is 1250. The maximum atomic E-state index is 12.7. The van der Waals surface area contributed by atoms with Crippen molar-refractivity contribution in [1.82, 2.24) is 24.4 Å². The number of rotatable bonds is 7. The van der Waals surface area contributed by atoms with Crippen molar-refractivity contribution >= 4 is 34.3 Å². The van der Waals surface area contributed by atoms with Gasteiger partial charge in [-0.25, -0.2) is 4.68 Å². The molecule has 32 heavy (non-hydrogen) atoms. The van der Waals surface area contributed by atoms with E-state index < -0.39 is 0 Å². The molecule has 0 unspecified atom stereocenters. The minimum Gasteiger partial charge on any atom is -0.497 e. The summed E-state index contributed by atoms with van der Waals surface area (Å²) in [6.45, 7) is 1.91. The molecule has 2 heterocycles. The molecule has 4 aromatic rings. The van der Waals surface area contributed by atoms with Gasteiger partial charge in [0, 0.05) is 28.1 Å². The highest BCUT2D eigenvalue weighted by Gasteiger charge is 2.18. The molecule has 0 radical (unpaired) electrons.